The molecule has 4 heteroatoms. The van der Waals surface area contributed by atoms with Gasteiger partial charge in [-0.3, -0.25) is 9.59 Å². The van der Waals surface area contributed by atoms with E-state index in [4.69, 9.17) is 4.74 Å². The van der Waals surface area contributed by atoms with E-state index in [9.17, 15) is 9.59 Å². The molecule has 114 valence electrons. The van der Waals surface area contributed by atoms with Crippen LogP contribution in [0.15, 0.2) is 54.6 Å². The zero-order chi connectivity index (χ0) is 16.2. The highest BCUT2D eigenvalue weighted by atomic mass is 16.5. The minimum absolute atomic E-state index is 0.153. The third-order valence-electron chi connectivity index (χ3n) is 3.38. The summed E-state index contributed by atoms with van der Waals surface area (Å²) >= 11 is 0. The molecule has 2 rings (SSSR count). The molecule has 0 aliphatic heterocycles. The van der Waals surface area contributed by atoms with Crippen molar-refractivity contribution in [2.45, 2.75) is 19.4 Å². The number of nitrogens with one attached hydrogen (secondary N) is 1. The smallest absolute Gasteiger partial charge is 0.252 e. The molecule has 22 heavy (non-hydrogen) atoms. The Bertz CT molecular complexity index is 660. The summed E-state index contributed by atoms with van der Waals surface area (Å²) in [5.74, 6) is 0.259. The van der Waals surface area contributed by atoms with Crippen molar-refractivity contribution in [1.29, 1.82) is 0 Å². The summed E-state index contributed by atoms with van der Waals surface area (Å²) in [6.45, 7) is 3.39. The molecule has 0 heterocycles. The van der Waals surface area contributed by atoms with Gasteiger partial charge >= 0.3 is 0 Å². The van der Waals surface area contributed by atoms with Crippen LogP contribution < -0.4 is 10.1 Å². The van der Waals surface area contributed by atoms with Crippen molar-refractivity contribution in [3.8, 4) is 5.75 Å². The Balaban J connectivity index is 2.14. The number of methoxy groups -OCH3 is 1. The maximum absolute atomic E-state index is 12.6. The number of ether oxygens (including phenoxy) is 1. The molecule has 0 saturated heterocycles. The van der Waals surface area contributed by atoms with Gasteiger partial charge in [-0.15, -0.1) is 0 Å². The van der Waals surface area contributed by atoms with Crippen LogP contribution in [0.3, 0.4) is 0 Å². The summed E-state index contributed by atoms with van der Waals surface area (Å²) in [6, 6.07) is 15.7. The maximum Gasteiger partial charge on any atom is 0.252 e. The van der Waals surface area contributed by atoms with E-state index in [0.717, 1.165) is 0 Å². The number of rotatable bonds is 5. The van der Waals surface area contributed by atoms with Gasteiger partial charge in [0.1, 0.15) is 5.75 Å². The van der Waals surface area contributed by atoms with Crippen LogP contribution in [0.2, 0.25) is 0 Å². The zero-order valence-corrected chi connectivity index (χ0v) is 12.9. The number of Topliss-reactive ketones (excluding diaryl/α,β-unsaturated/α-hetero) is 1. The third-order valence-corrected chi connectivity index (χ3v) is 3.38. The quantitative estimate of drug-likeness (QED) is 0.863. The van der Waals surface area contributed by atoms with Gasteiger partial charge in [0.15, 0.2) is 5.78 Å². The van der Waals surface area contributed by atoms with Crippen LogP contribution >= 0.6 is 0 Å². The van der Waals surface area contributed by atoms with Gasteiger partial charge in [-0.05, 0) is 50.2 Å². The van der Waals surface area contributed by atoms with E-state index >= 15 is 0 Å². The Labute approximate surface area is 130 Å². The van der Waals surface area contributed by atoms with Crippen molar-refractivity contribution in [2.75, 3.05) is 7.11 Å². The van der Waals surface area contributed by atoms with Crippen LogP contribution in [-0.4, -0.2) is 24.3 Å². The minimum Gasteiger partial charge on any atom is -0.497 e. The summed E-state index contributed by atoms with van der Waals surface area (Å²) in [5, 5.41) is 2.78. The van der Waals surface area contributed by atoms with E-state index in [1.807, 2.05) is 6.07 Å². The Morgan fingerprint density at radius 2 is 1.50 bits per heavy atom. The van der Waals surface area contributed by atoms with Gasteiger partial charge in [-0.1, -0.05) is 18.2 Å². The molecule has 0 aliphatic rings. The van der Waals surface area contributed by atoms with Crippen LogP contribution in [0, 0.1) is 0 Å². The summed E-state index contributed by atoms with van der Waals surface area (Å²) in [4.78, 5) is 24.8. The number of carbonyl (C=O) groups is 2. The van der Waals surface area contributed by atoms with E-state index in [1.54, 1.807) is 69.5 Å². The lowest BCUT2D eigenvalue weighted by atomic mass is 9.92. The maximum atomic E-state index is 12.6. The lowest BCUT2D eigenvalue weighted by molar-refractivity contribution is 0.0798. The summed E-state index contributed by atoms with van der Waals surface area (Å²) in [5.41, 5.74) is 0.0545. The fraction of sp³-hybridized carbons (Fsp3) is 0.222. The Kier molecular flexibility index (Phi) is 4.61. The Hall–Kier alpha value is -2.62. The lowest BCUT2D eigenvalue weighted by Crippen LogP contribution is -2.49. The van der Waals surface area contributed by atoms with Crippen molar-refractivity contribution >= 4 is 11.7 Å². The molecule has 0 saturated carbocycles. The predicted octanol–water partition coefficient (Wildman–Crippen LogP) is 3.09. The number of hydrogen-bond acceptors (Lipinski definition) is 3. The van der Waals surface area contributed by atoms with E-state index < -0.39 is 5.54 Å². The van der Waals surface area contributed by atoms with Gasteiger partial charge in [-0.2, -0.15) is 0 Å². The van der Waals surface area contributed by atoms with E-state index in [2.05, 4.69) is 5.32 Å². The monoisotopic (exact) mass is 297 g/mol. The molecule has 0 spiro atoms. The Morgan fingerprint density at radius 1 is 0.909 bits per heavy atom. The van der Waals surface area contributed by atoms with Gasteiger partial charge < -0.3 is 10.1 Å². The van der Waals surface area contributed by atoms with Crippen LogP contribution in [0.25, 0.3) is 0 Å². The van der Waals surface area contributed by atoms with Gasteiger partial charge in [0.05, 0.1) is 12.6 Å². The number of amides is 1. The largest absolute Gasteiger partial charge is 0.497 e. The molecular formula is C18H19NO3. The van der Waals surface area contributed by atoms with Gasteiger partial charge in [0.2, 0.25) is 0 Å². The summed E-state index contributed by atoms with van der Waals surface area (Å²) < 4.78 is 5.08. The number of hydrogen-bond donors (Lipinski definition) is 1. The zero-order valence-electron chi connectivity index (χ0n) is 12.9. The molecule has 0 aliphatic carbocycles. The third kappa shape index (κ3) is 3.52. The molecule has 0 aromatic heterocycles. The number of carbonyl (C=O) groups excluding carboxylic acids is 2. The minimum atomic E-state index is -0.998. The van der Waals surface area contributed by atoms with Crippen molar-refractivity contribution in [1.82, 2.24) is 5.32 Å². The second-order valence-electron chi connectivity index (χ2n) is 5.50. The first-order valence-corrected chi connectivity index (χ1v) is 7.00. The van der Waals surface area contributed by atoms with Gasteiger partial charge in [0, 0.05) is 11.1 Å². The number of ketones is 1. The van der Waals surface area contributed by atoms with Crippen molar-refractivity contribution in [3.63, 3.8) is 0 Å². The molecular weight excluding hydrogens is 278 g/mol. The average Bonchev–Trinajstić information content (AvgIpc) is 2.54. The van der Waals surface area contributed by atoms with Crippen molar-refractivity contribution < 1.29 is 14.3 Å². The molecule has 1 N–H and O–H groups in total. The molecule has 1 amide bonds. The SMILES string of the molecule is COc1ccc(C(=O)C(C)(C)NC(=O)c2ccccc2)cc1. The second-order valence-corrected chi connectivity index (χ2v) is 5.50. The van der Waals surface area contributed by atoms with E-state index in [1.165, 1.54) is 0 Å². The van der Waals surface area contributed by atoms with Crippen molar-refractivity contribution in [2.24, 2.45) is 0 Å². The number of benzene rings is 2. The first-order chi connectivity index (χ1) is 10.4. The lowest BCUT2D eigenvalue weighted by Gasteiger charge is -2.25. The first kappa shape index (κ1) is 15.8. The Morgan fingerprint density at radius 3 is 2.05 bits per heavy atom. The molecule has 0 unspecified atom stereocenters. The summed E-state index contributed by atoms with van der Waals surface area (Å²) in [7, 11) is 1.57. The molecule has 4 nitrogen and oxygen atoms in total. The normalized spacial score (nSPS) is 10.9. The highest BCUT2D eigenvalue weighted by Crippen LogP contribution is 2.17. The van der Waals surface area contributed by atoms with Crippen LogP contribution in [-0.2, 0) is 0 Å². The van der Waals surface area contributed by atoms with Gasteiger partial charge in [0.25, 0.3) is 5.91 Å². The van der Waals surface area contributed by atoms with E-state index in [-0.39, 0.29) is 11.7 Å². The first-order valence-electron chi connectivity index (χ1n) is 7.00. The van der Waals surface area contributed by atoms with Gasteiger partial charge in [-0.25, -0.2) is 0 Å². The molecule has 0 atom stereocenters. The van der Waals surface area contributed by atoms with Crippen LogP contribution in [0.1, 0.15) is 34.6 Å². The molecule has 0 bridgehead atoms. The molecule has 2 aromatic carbocycles. The second kappa shape index (κ2) is 6.43. The molecule has 2 aromatic rings. The highest BCUT2D eigenvalue weighted by Gasteiger charge is 2.30. The molecule has 0 fully saturated rings. The fourth-order valence-electron chi connectivity index (χ4n) is 2.11. The average molecular weight is 297 g/mol. The predicted molar refractivity (Wildman–Crippen MR) is 85.3 cm³/mol. The van der Waals surface area contributed by atoms with Crippen molar-refractivity contribution in [3.05, 3.63) is 65.7 Å². The van der Waals surface area contributed by atoms with Crippen LogP contribution in [0.5, 0.6) is 5.75 Å². The highest BCUT2D eigenvalue weighted by molar-refractivity contribution is 6.06. The standard InChI is InChI=1S/C18H19NO3/c1-18(2,19-17(21)14-7-5-4-6-8-14)16(20)13-9-11-15(22-3)12-10-13/h4-12H,1-3H3,(H,19,21). The van der Waals surface area contributed by atoms with E-state index in [0.29, 0.717) is 16.9 Å². The molecule has 0 radical (unpaired) electrons. The summed E-state index contributed by atoms with van der Waals surface area (Å²) in [6.07, 6.45) is 0. The van der Waals surface area contributed by atoms with Crippen LogP contribution in [0.4, 0.5) is 0 Å². The topological polar surface area (TPSA) is 55.4 Å². The fourth-order valence-corrected chi connectivity index (χ4v) is 2.11.